The van der Waals surface area contributed by atoms with Gasteiger partial charge < -0.3 is 15.5 Å². The summed E-state index contributed by atoms with van der Waals surface area (Å²) in [5.74, 6) is -0.284. The van der Waals surface area contributed by atoms with Gasteiger partial charge in [-0.15, -0.1) is 0 Å². The van der Waals surface area contributed by atoms with Crippen molar-refractivity contribution in [2.24, 2.45) is 0 Å². The van der Waals surface area contributed by atoms with Crippen molar-refractivity contribution in [3.63, 3.8) is 0 Å². The fourth-order valence-electron chi connectivity index (χ4n) is 2.92. The van der Waals surface area contributed by atoms with E-state index in [0.29, 0.717) is 23.5 Å². The number of carbonyl (C=O) groups excluding carboxylic acids is 2. The minimum absolute atomic E-state index is 0.0115. The second-order valence-corrected chi connectivity index (χ2v) is 6.21. The van der Waals surface area contributed by atoms with Gasteiger partial charge in [0.25, 0.3) is 5.91 Å². The fraction of sp³-hybridized carbons (Fsp3) is 0.389. The lowest BCUT2D eigenvalue weighted by Gasteiger charge is -2.25. The standard InChI is InChI=1S/C18H23N5O2/c24-17(8-12-23-10-2-1-3-11-23)20-14-5-4-6-15(13-14)21-18(25)16-7-9-19-22-16/h4-7,9,13H,1-3,8,10-12H2,(H,19,22)(H,20,24)(H,21,25). The minimum atomic E-state index is -0.272. The first-order valence-electron chi connectivity index (χ1n) is 8.64. The third kappa shape index (κ3) is 5.15. The van der Waals surface area contributed by atoms with Gasteiger partial charge in [0.1, 0.15) is 5.69 Å². The van der Waals surface area contributed by atoms with Gasteiger partial charge in [-0.1, -0.05) is 12.5 Å². The van der Waals surface area contributed by atoms with Crippen molar-refractivity contribution in [3.05, 3.63) is 42.2 Å². The predicted molar refractivity (Wildman–Crippen MR) is 96.5 cm³/mol. The largest absolute Gasteiger partial charge is 0.326 e. The van der Waals surface area contributed by atoms with Gasteiger partial charge in [-0.05, 0) is 50.2 Å². The van der Waals surface area contributed by atoms with E-state index in [2.05, 4.69) is 25.7 Å². The number of H-pyrrole nitrogens is 1. The van der Waals surface area contributed by atoms with E-state index in [9.17, 15) is 9.59 Å². The third-order valence-corrected chi connectivity index (χ3v) is 4.25. The first-order valence-corrected chi connectivity index (χ1v) is 8.64. The Kier molecular flexibility index (Phi) is 5.79. The van der Waals surface area contributed by atoms with Crippen LogP contribution in [-0.2, 0) is 4.79 Å². The summed E-state index contributed by atoms with van der Waals surface area (Å²) < 4.78 is 0. The van der Waals surface area contributed by atoms with Crippen LogP contribution in [-0.4, -0.2) is 46.5 Å². The average Bonchev–Trinajstić information content (AvgIpc) is 3.16. The van der Waals surface area contributed by atoms with Gasteiger partial charge in [0.05, 0.1) is 0 Å². The molecule has 1 aliphatic rings. The van der Waals surface area contributed by atoms with Crippen LogP contribution in [0.25, 0.3) is 0 Å². The number of amides is 2. The van der Waals surface area contributed by atoms with Crippen LogP contribution in [0.15, 0.2) is 36.5 Å². The molecule has 2 aromatic rings. The molecule has 2 amide bonds. The summed E-state index contributed by atoms with van der Waals surface area (Å²) >= 11 is 0. The Hall–Kier alpha value is -2.67. The molecule has 2 heterocycles. The molecule has 0 aliphatic carbocycles. The Morgan fingerprint density at radius 3 is 2.56 bits per heavy atom. The average molecular weight is 341 g/mol. The number of nitrogens with zero attached hydrogens (tertiary/aromatic N) is 2. The summed E-state index contributed by atoms with van der Waals surface area (Å²) in [6.45, 7) is 2.97. The van der Waals surface area contributed by atoms with Crippen molar-refractivity contribution in [3.8, 4) is 0 Å². The van der Waals surface area contributed by atoms with Crippen LogP contribution in [0.4, 0.5) is 11.4 Å². The Labute approximate surface area is 146 Å². The summed E-state index contributed by atoms with van der Waals surface area (Å²) in [5.41, 5.74) is 1.68. The summed E-state index contributed by atoms with van der Waals surface area (Å²) in [6, 6.07) is 8.72. The molecule has 1 fully saturated rings. The van der Waals surface area contributed by atoms with E-state index in [1.807, 2.05) is 6.07 Å². The lowest BCUT2D eigenvalue weighted by molar-refractivity contribution is -0.116. The van der Waals surface area contributed by atoms with Crippen LogP contribution in [0, 0.1) is 0 Å². The SMILES string of the molecule is O=C(CCN1CCCCC1)Nc1cccc(NC(=O)c2ccn[nH]2)c1. The zero-order valence-electron chi connectivity index (χ0n) is 14.1. The van der Waals surface area contributed by atoms with Crippen LogP contribution < -0.4 is 10.6 Å². The number of aromatic amines is 1. The summed E-state index contributed by atoms with van der Waals surface area (Å²) in [4.78, 5) is 26.5. The minimum Gasteiger partial charge on any atom is -0.326 e. The van der Waals surface area contributed by atoms with E-state index in [0.717, 1.165) is 19.6 Å². The van der Waals surface area contributed by atoms with Crippen LogP contribution >= 0.6 is 0 Å². The van der Waals surface area contributed by atoms with Crippen molar-refractivity contribution in [2.45, 2.75) is 25.7 Å². The van der Waals surface area contributed by atoms with Crippen molar-refractivity contribution in [2.75, 3.05) is 30.3 Å². The lowest BCUT2D eigenvalue weighted by atomic mass is 10.1. The van der Waals surface area contributed by atoms with Crippen LogP contribution in [0.5, 0.6) is 0 Å². The van der Waals surface area contributed by atoms with E-state index in [1.165, 1.54) is 25.5 Å². The highest BCUT2D eigenvalue weighted by Gasteiger charge is 2.12. The monoisotopic (exact) mass is 341 g/mol. The zero-order valence-corrected chi connectivity index (χ0v) is 14.1. The molecule has 3 N–H and O–H groups in total. The number of likely N-dealkylation sites (tertiary alicyclic amines) is 1. The number of nitrogens with one attached hydrogen (secondary N) is 3. The Morgan fingerprint density at radius 1 is 1.08 bits per heavy atom. The Morgan fingerprint density at radius 2 is 1.84 bits per heavy atom. The molecule has 1 aromatic heterocycles. The number of carbonyl (C=O) groups is 2. The van der Waals surface area contributed by atoms with Crippen molar-refractivity contribution in [1.29, 1.82) is 0 Å². The first kappa shape index (κ1) is 17.2. The number of piperidine rings is 1. The second kappa shape index (κ2) is 8.43. The van der Waals surface area contributed by atoms with Gasteiger partial charge in [0, 0.05) is 30.5 Å². The number of benzene rings is 1. The highest BCUT2D eigenvalue weighted by Crippen LogP contribution is 2.16. The summed E-state index contributed by atoms with van der Waals surface area (Å²) in [5, 5.41) is 12.0. The molecule has 132 valence electrons. The molecule has 1 aliphatic heterocycles. The zero-order chi connectivity index (χ0) is 17.5. The van der Waals surface area contributed by atoms with E-state index in [-0.39, 0.29) is 11.8 Å². The molecular weight excluding hydrogens is 318 g/mol. The molecule has 0 unspecified atom stereocenters. The van der Waals surface area contributed by atoms with Crippen molar-refractivity contribution >= 4 is 23.2 Å². The van der Waals surface area contributed by atoms with E-state index < -0.39 is 0 Å². The third-order valence-electron chi connectivity index (χ3n) is 4.25. The normalized spacial score (nSPS) is 14.9. The van der Waals surface area contributed by atoms with Crippen LogP contribution in [0.1, 0.15) is 36.2 Å². The summed E-state index contributed by atoms with van der Waals surface area (Å²) in [6.07, 6.45) is 5.73. The van der Waals surface area contributed by atoms with Crippen LogP contribution in [0.2, 0.25) is 0 Å². The maximum absolute atomic E-state index is 12.1. The quantitative estimate of drug-likeness (QED) is 0.753. The van der Waals surface area contributed by atoms with Gasteiger partial charge in [-0.25, -0.2) is 0 Å². The Bertz CT molecular complexity index is 708. The highest BCUT2D eigenvalue weighted by molar-refractivity contribution is 6.03. The molecule has 0 radical (unpaired) electrons. The number of rotatable bonds is 6. The molecule has 0 spiro atoms. The number of anilines is 2. The molecule has 1 aromatic carbocycles. The maximum Gasteiger partial charge on any atom is 0.273 e. The molecule has 25 heavy (non-hydrogen) atoms. The van der Waals surface area contributed by atoms with Crippen molar-refractivity contribution < 1.29 is 9.59 Å². The number of hydrogen-bond donors (Lipinski definition) is 3. The molecule has 7 heteroatoms. The number of aromatic nitrogens is 2. The van der Waals surface area contributed by atoms with Gasteiger partial charge in [0.2, 0.25) is 5.91 Å². The fourth-order valence-corrected chi connectivity index (χ4v) is 2.92. The van der Waals surface area contributed by atoms with Gasteiger partial charge in [-0.2, -0.15) is 5.10 Å². The van der Waals surface area contributed by atoms with Crippen LogP contribution in [0.3, 0.4) is 0 Å². The second-order valence-electron chi connectivity index (χ2n) is 6.21. The molecule has 7 nitrogen and oxygen atoms in total. The van der Waals surface area contributed by atoms with Gasteiger partial charge in [-0.3, -0.25) is 14.7 Å². The summed E-state index contributed by atoms with van der Waals surface area (Å²) in [7, 11) is 0. The van der Waals surface area contributed by atoms with Crippen molar-refractivity contribution in [1.82, 2.24) is 15.1 Å². The highest BCUT2D eigenvalue weighted by atomic mass is 16.2. The van der Waals surface area contributed by atoms with Gasteiger partial charge >= 0.3 is 0 Å². The van der Waals surface area contributed by atoms with E-state index in [4.69, 9.17) is 0 Å². The topological polar surface area (TPSA) is 90.1 Å². The predicted octanol–water partition coefficient (Wildman–Crippen LogP) is 2.48. The molecule has 0 saturated carbocycles. The molecule has 0 atom stereocenters. The molecular formula is C18H23N5O2. The molecule has 0 bridgehead atoms. The maximum atomic E-state index is 12.1. The number of hydrogen-bond acceptors (Lipinski definition) is 4. The molecule has 1 saturated heterocycles. The molecule has 3 rings (SSSR count). The lowest BCUT2D eigenvalue weighted by Crippen LogP contribution is -2.32. The Balaban J connectivity index is 1.50. The smallest absolute Gasteiger partial charge is 0.273 e. The van der Waals surface area contributed by atoms with Gasteiger partial charge in [0.15, 0.2) is 0 Å². The van der Waals surface area contributed by atoms with E-state index >= 15 is 0 Å². The first-order chi connectivity index (χ1) is 12.2. The van der Waals surface area contributed by atoms with E-state index in [1.54, 1.807) is 24.3 Å².